The molecule has 0 spiro atoms. The van der Waals surface area contributed by atoms with Crippen LogP contribution in [0.15, 0.2) is 44.8 Å². The fourth-order valence-electron chi connectivity index (χ4n) is 2.00. The number of thiophene rings is 1. The van der Waals surface area contributed by atoms with Gasteiger partial charge in [0.2, 0.25) is 0 Å². The second-order valence-electron chi connectivity index (χ2n) is 4.33. The Morgan fingerprint density at radius 3 is 2.80 bits per heavy atom. The van der Waals surface area contributed by atoms with Gasteiger partial charge in [-0.25, -0.2) is 0 Å². The van der Waals surface area contributed by atoms with Gasteiger partial charge in [-0.15, -0.1) is 11.3 Å². The molecule has 1 aromatic carbocycles. The third kappa shape index (κ3) is 2.82. The van der Waals surface area contributed by atoms with Gasteiger partial charge in [0.05, 0.1) is 23.1 Å². The lowest BCUT2D eigenvalue weighted by atomic mass is 10.1. The minimum atomic E-state index is 0.659. The third-order valence-electron chi connectivity index (χ3n) is 2.92. The Hall–Kier alpha value is -1.11. The van der Waals surface area contributed by atoms with Gasteiger partial charge in [0, 0.05) is 31.1 Å². The standard InChI is InChI=1S/C14H11Br2N3S/c15-8-1-2-13-11(4-8)14(12(17)6-18-13)19-5-10-3-9(16)7-20-10/h1-4,6-7H,5,17H2,(H,18,19). The van der Waals surface area contributed by atoms with E-state index in [1.165, 1.54) is 4.88 Å². The summed E-state index contributed by atoms with van der Waals surface area (Å²) in [5, 5.41) is 6.51. The summed E-state index contributed by atoms with van der Waals surface area (Å²) in [6.45, 7) is 0.742. The first kappa shape index (κ1) is 13.9. The molecule has 102 valence electrons. The van der Waals surface area contributed by atoms with E-state index < -0.39 is 0 Å². The van der Waals surface area contributed by atoms with Crippen LogP contribution in [0.4, 0.5) is 11.4 Å². The molecule has 0 aliphatic rings. The Morgan fingerprint density at radius 2 is 2.05 bits per heavy atom. The van der Waals surface area contributed by atoms with E-state index in [2.05, 4.69) is 53.6 Å². The number of halogens is 2. The molecule has 0 saturated heterocycles. The van der Waals surface area contributed by atoms with Gasteiger partial charge < -0.3 is 11.1 Å². The van der Waals surface area contributed by atoms with Gasteiger partial charge in [0.1, 0.15) is 0 Å². The number of nitrogens with one attached hydrogen (secondary N) is 1. The smallest absolute Gasteiger partial charge is 0.0743 e. The van der Waals surface area contributed by atoms with Gasteiger partial charge in [0.25, 0.3) is 0 Å². The normalized spacial score (nSPS) is 10.9. The van der Waals surface area contributed by atoms with Gasteiger partial charge in [0.15, 0.2) is 0 Å². The summed E-state index contributed by atoms with van der Waals surface area (Å²) < 4.78 is 2.12. The molecule has 2 aromatic heterocycles. The van der Waals surface area contributed by atoms with Crippen molar-refractivity contribution in [2.24, 2.45) is 0 Å². The molecule has 0 atom stereocenters. The zero-order chi connectivity index (χ0) is 14.1. The van der Waals surface area contributed by atoms with Crippen LogP contribution < -0.4 is 11.1 Å². The number of rotatable bonds is 3. The summed E-state index contributed by atoms with van der Waals surface area (Å²) in [6, 6.07) is 8.09. The van der Waals surface area contributed by atoms with Crippen LogP contribution in [0.25, 0.3) is 10.9 Å². The van der Waals surface area contributed by atoms with E-state index in [0.29, 0.717) is 5.69 Å². The second-order valence-corrected chi connectivity index (χ2v) is 7.16. The monoisotopic (exact) mass is 411 g/mol. The van der Waals surface area contributed by atoms with E-state index >= 15 is 0 Å². The fraction of sp³-hybridized carbons (Fsp3) is 0.0714. The van der Waals surface area contributed by atoms with E-state index in [0.717, 1.165) is 32.1 Å². The maximum atomic E-state index is 6.06. The number of nitrogen functional groups attached to an aromatic ring is 1. The summed E-state index contributed by atoms with van der Waals surface area (Å²) in [5.74, 6) is 0. The highest BCUT2D eigenvalue weighted by Crippen LogP contribution is 2.31. The van der Waals surface area contributed by atoms with E-state index in [1.54, 1.807) is 17.5 Å². The molecule has 20 heavy (non-hydrogen) atoms. The van der Waals surface area contributed by atoms with Crippen LogP contribution in [0.3, 0.4) is 0 Å². The van der Waals surface area contributed by atoms with Crippen LogP contribution in [0.2, 0.25) is 0 Å². The van der Waals surface area contributed by atoms with E-state index in [4.69, 9.17) is 5.73 Å². The van der Waals surface area contributed by atoms with Gasteiger partial charge in [-0.1, -0.05) is 15.9 Å². The summed E-state index contributed by atoms with van der Waals surface area (Å²) >= 11 is 8.66. The predicted octanol–water partition coefficient (Wildman–Crippen LogP) is 5.02. The number of benzene rings is 1. The summed E-state index contributed by atoms with van der Waals surface area (Å²) in [4.78, 5) is 5.60. The number of anilines is 2. The lowest BCUT2D eigenvalue weighted by Crippen LogP contribution is -2.03. The van der Waals surface area contributed by atoms with Crippen LogP contribution in [0, 0.1) is 0 Å². The van der Waals surface area contributed by atoms with Crippen molar-refractivity contribution in [3.63, 3.8) is 0 Å². The number of nitrogens with two attached hydrogens (primary N) is 1. The number of pyridine rings is 1. The van der Waals surface area contributed by atoms with Crippen molar-refractivity contribution in [3.8, 4) is 0 Å². The highest BCUT2D eigenvalue weighted by atomic mass is 79.9. The van der Waals surface area contributed by atoms with E-state index in [9.17, 15) is 0 Å². The summed E-state index contributed by atoms with van der Waals surface area (Å²) in [7, 11) is 0. The fourth-order valence-corrected chi connectivity index (χ4v) is 3.75. The van der Waals surface area contributed by atoms with Crippen molar-refractivity contribution < 1.29 is 0 Å². The van der Waals surface area contributed by atoms with Crippen LogP contribution >= 0.6 is 43.2 Å². The Morgan fingerprint density at radius 1 is 1.20 bits per heavy atom. The average molecular weight is 413 g/mol. The largest absolute Gasteiger partial charge is 0.396 e. The van der Waals surface area contributed by atoms with Crippen LogP contribution in [0.1, 0.15) is 4.88 Å². The van der Waals surface area contributed by atoms with Crippen LogP contribution in [-0.4, -0.2) is 4.98 Å². The molecule has 3 N–H and O–H groups in total. The second kappa shape index (κ2) is 5.71. The number of nitrogens with zero attached hydrogens (tertiary/aromatic N) is 1. The Kier molecular flexibility index (Phi) is 3.96. The van der Waals surface area contributed by atoms with Crippen molar-refractivity contribution in [1.29, 1.82) is 0 Å². The average Bonchev–Trinajstić information content (AvgIpc) is 2.83. The number of hydrogen-bond acceptors (Lipinski definition) is 4. The molecule has 0 aliphatic heterocycles. The zero-order valence-corrected chi connectivity index (χ0v) is 14.3. The molecule has 0 unspecified atom stereocenters. The van der Waals surface area contributed by atoms with Crippen molar-refractivity contribution in [2.75, 3.05) is 11.1 Å². The molecule has 0 bridgehead atoms. The minimum Gasteiger partial charge on any atom is -0.396 e. The first-order valence-electron chi connectivity index (χ1n) is 5.94. The van der Waals surface area contributed by atoms with Gasteiger partial charge in [-0.2, -0.15) is 0 Å². The SMILES string of the molecule is Nc1cnc2ccc(Br)cc2c1NCc1cc(Br)cs1. The maximum Gasteiger partial charge on any atom is 0.0743 e. The predicted molar refractivity (Wildman–Crippen MR) is 93.2 cm³/mol. The Bertz CT molecular complexity index is 765. The Labute approximate surface area is 137 Å². The molecule has 3 nitrogen and oxygen atoms in total. The van der Waals surface area contributed by atoms with E-state index in [1.807, 2.05) is 18.2 Å². The first-order valence-corrected chi connectivity index (χ1v) is 8.40. The summed E-state index contributed by atoms with van der Waals surface area (Å²) in [5.41, 5.74) is 8.58. The molecule has 0 saturated carbocycles. The van der Waals surface area contributed by atoms with Crippen molar-refractivity contribution in [3.05, 3.63) is 49.7 Å². The highest BCUT2D eigenvalue weighted by Gasteiger charge is 2.08. The molecule has 0 fully saturated rings. The third-order valence-corrected chi connectivity index (χ3v) is 5.11. The number of fused-ring (bicyclic) bond motifs is 1. The zero-order valence-electron chi connectivity index (χ0n) is 10.4. The van der Waals surface area contributed by atoms with Gasteiger partial charge in [-0.05, 0) is 40.2 Å². The molecule has 0 aliphatic carbocycles. The molecular formula is C14H11Br2N3S. The van der Waals surface area contributed by atoms with E-state index in [-0.39, 0.29) is 0 Å². The lowest BCUT2D eigenvalue weighted by molar-refractivity contribution is 1.19. The van der Waals surface area contributed by atoms with Crippen LogP contribution in [0.5, 0.6) is 0 Å². The lowest BCUT2D eigenvalue weighted by Gasteiger charge is -2.11. The highest BCUT2D eigenvalue weighted by molar-refractivity contribution is 9.10. The molecular weight excluding hydrogens is 402 g/mol. The summed E-state index contributed by atoms with van der Waals surface area (Å²) in [6.07, 6.45) is 1.70. The molecule has 2 heterocycles. The Balaban J connectivity index is 1.97. The molecule has 6 heteroatoms. The topological polar surface area (TPSA) is 50.9 Å². The molecule has 3 aromatic rings. The van der Waals surface area contributed by atoms with Crippen LogP contribution in [-0.2, 0) is 6.54 Å². The van der Waals surface area contributed by atoms with Crippen molar-refractivity contribution in [1.82, 2.24) is 4.98 Å². The van der Waals surface area contributed by atoms with Gasteiger partial charge in [-0.3, -0.25) is 4.98 Å². The van der Waals surface area contributed by atoms with Gasteiger partial charge >= 0.3 is 0 Å². The molecule has 0 amide bonds. The molecule has 0 radical (unpaired) electrons. The maximum absolute atomic E-state index is 6.06. The van der Waals surface area contributed by atoms with Crippen molar-refractivity contribution >= 4 is 65.5 Å². The number of hydrogen-bond donors (Lipinski definition) is 2. The minimum absolute atomic E-state index is 0.659. The first-order chi connectivity index (χ1) is 9.63. The molecule has 3 rings (SSSR count). The quantitative estimate of drug-likeness (QED) is 0.635. The number of aromatic nitrogens is 1. The van der Waals surface area contributed by atoms with Crippen molar-refractivity contribution in [2.45, 2.75) is 6.54 Å².